The number of ether oxygens (including phenoxy) is 1. The van der Waals surface area contributed by atoms with E-state index in [1.807, 2.05) is 0 Å². The van der Waals surface area contributed by atoms with Crippen LogP contribution in [-0.4, -0.2) is 39.5 Å². The van der Waals surface area contributed by atoms with Crippen LogP contribution in [0.15, 0.2) is 35.7 Å². The minimum absolute atomic E-state index is 0.102. The standard InChI is InChI=1S/C12H17ClN2O3S/c1-3-6-15(7-8-18-2)19(16,17)10-4-5-12(14)11(13)9-10/h3-5,9H,1,6-8,14H2,2H3. The monoisotopic (exact) mass is 304 g/mol. The first-order valence-electron chi connectivity index (χ1n) is 5.58. The quantitative estimate of drug-likeness (QED) is 0.615. The summed E-state index contributed by atoms with van der Waals surface area (Å²) in [6.45, 7) is 4.30. The highest BCUT2D eigenvalue weighted by Gasteiger charge is 2.23. The second-order valence-electron chi connectivity index (χ2n) is 3.83. The summed E-state index contributed by atoms with van der Waals surface area (Å²) < 4.78 is 31.0. The summed E-state index contributed by atoms with van der Waals surface area (Å²) in [6.07, 6.45) is 1.52. The summed E-state index contributed by atoms with van der Waals surface area (Å²) in [4.78, 5) is 0.102. The Labute approximate surface area is 118 Å². The van der Waals surface area contributed by atoms with Crippen LogP contribution in [0.25, 0.3) is 0 Å². The van der Waals surface area contributed by atoms with Crippen molar-refractivity contribution in [2.45, 2.75) is 4.90 Å². The van der Waals surface area contributed by atoms with Gasteiger partial charge in [-0.25, -0.2) is 8.42 Å². The molecule has 0 aliphatic carbocycles. The summed E-state index contributed by atoms with van der Waals surface area (Å²) in [5, 5.41) is 0.214. The van der Waals surface area contributed by atoms with Crippen molar-refractivity contribution in [1.29, 1.82) is 0 Å². The van der Waals surface area contributed by atoms with Gasteiger partial charge < -0.3 is 10.5 Å². The van der Waals surface area contributed by atoms with E-state index in [1.54, 1.807) is 0 Å². The minimum Gasteiger partial charge on any atom is -0.398 e. The number of methoxy groups -OCH3 is 1. The molecule has 0 heterocycles. The molecule has 0 saturated heterocycles. The van der Waals surface area contributed by atoms with Gasteiger partial charge in [0.2, 0.25) is 10.0 Å². The summed E-state index contributed by atoms with van der Waals surface area (Å²) in [5.41, 5.74) is 5.91. The Morgan fingerprint density at radius 3 is 2.74 bits per heavy atom. The first-order valence-corrected chi connectivity index (χ1v) is 7.40. The molecule has 7 heteroatoms. The summed E-state index contributed by atoms with van der Waals surface area (Å²) in [7, 11) is -2.12. The van der Waals surface area contributed by atoms with E-state index in [0.717, 1.165) is 0 Å². The number of hydrogen-bond acceptors (Lipinski definition) is 4. The van der Waals surface area contributed by atoms with Gasteiger partial charge in [0, 0.05) is 20.2 Å². The fourth-order valence-electron chi connectivity index (χ4n) is 1.46. The van der Waals surface area contributed by atoms with E-state index in [0.29, 0.717) is 12.3 Å². The van der Waals surface area contributed by atoms with E-state index in [9.17, 15) is 8.42 Å². The highest BCUT2D eigenvalue weighted by molar-refractivity contribution is 7.89. The molecule has 0 unspecified atom stereocenters. The van der Waals surface area contributed by atoms with Crippen LogP contribution < -0.4 is 5.73 Å². The maximum Gasteiger partial charge on any atom is 0.243 e. The molecule has 1 aromatic carbocycles. The van der Waals surface area contributed by atoms with E-state index in [4.69, 9.17) is 22.1 Å². The lowest BCUT2D eigenvalue weighted by Gasteiger charge is -2.20. The Balaban J connectivity index is 3.10. The lowest BCUT2D eigenvalue weighted by atomic mass is 10.3. The third kappa shape index (κ3) is 3.94. The average Bonchev–Trinajstić information content (AvgIpc) is 2.37. The first-order chi connectivity index (χ1) is 8.93. The molecule has 0 saturated carbocycles. The van der Waals surface area contributed by atoms with E-state index in [-0.39, 0.29) is 23.0 Å². The smallest absolute Gasteiger partial charge is 0.243 e. The molecule has 0 atom stereocenters. The third-order valence-electron chi connectivity index (χ3n) is 2.49. The molecule has 1 aromatic rings. The van der Waals surface area contributed by atoms with Crippen molar-refractivity contribution in [2.75, 3.05) is 32.5 Å². The highest BCUT2D eigenvalue weighted by Crippen LogP contribution is 2.24. The van der Waals surface area contributed by atoms with E-state index < -0.39 is 10.0 Å². The zero-order valence-corrected chi connectivity index (χ0v) is 12.2. The molecule has 0 fully saturated rings. The zero-order valence-electron chi connectivity index (χ0n) is 10.7. The minimum atomic E-state index is -3.63. The lowest BCUT2D eigenvalue weighted by Crippen LogP contribution is -2.34. The number of anilines is 1. The van der Waals surface area contributed by atoms with Gasteiger partial charge in [-0.3, -0.25) is 0 Å². The van der Waals surface area contributed by atoms with Gasteiger partial charge in [-0.05, 0) is 18.2 Å². The first kappa shape index (κ1) is 16.0. The van der Waals surface area contributed by atoms with Gasteiger partial charge >= 0.3 is 0 Å². The van der Waals surface area contributed by atoms with Crippen LogP contribution in [0, 0.1) is 0 Å². The van der Waals surface area contributed by atoms with Gasteiger partial charge in [-0.15, -0.1) is 6.58 Å². The maximum absolute atomic E-state index is 12.4. The number of halogens is 1. The second kappa shape index (κ2) is 6.91. The lowest BCUT2D eigenvalue weighted by molar-refractivity contribution is 0.182. The van der Waals surface area contributed by atoms with Gasteiger partial charge in [0.05, 0.1) is 22.2 Å². The van der Waals surface area contributed by atoms with E-state index >= 15 is 0 Å². The summed E-state index contributed by atoms with van der Waals surface area (Å²) >= 11 is 5.85. The van der Waals surface area contributed by atoms with Crippen LogP contribution in [0.3, 0.4) is 0 Å². The summed E-state index contributed by atoms with van der Waals surface area (Å²) in [6, 6.07) is 4.24. The molecule has 106 valence electrons. The summed E-state index contributed by atoms with van der Waals surface area (Å²) in [5.74, 6) is 0. The fourth-order valence-corrected chi connectivity index (χ4v) is 3.13. The molecule has 5 nitrogen and oxygen atoms in total. The molecular weight excluding hydrogens is 288 g/mol. The number of nitrogens with zero attached hydrogens (tertiary/aromatic N) is 1. The highest BCUT2D eigenvalue weighted by atomic mass is 35.5. The van der Waals surface area contributed by atoms with Crippen molar-refractivity contribution in [3.05, 3.63) is 35.9 Å². The molecule has 0 aliphatic rings. The van der Waals surface area contributed by atoms with Crippen LogP contribution in [0.2, 0.25) is 5.02 Å². The number of nitrogens with two attached hydrogens (primary N) is 1. The molecular formula is C12H17ClN2O3S. The van der Waals surface area contributed by atoms with Crippen molar-refractivity contribution in [3.8, 4) is 0 Å². The average molecular weight is 305 g/mol. The van der Waals surface area contributed by atoms with Crippen LogP contribution >= 0.6 is 11.6 Å². The maximum atomic E-state index is 12.4. The molecule has 0 amide bonds. The van der Waals surface area contributed by atoms with E-state index in [2.05, 4.69) is 6.58 Å². The van der Waals surface area contributed by atoms with Gasteiger partial charge in [-0.2, -0.15) is 4.31 Å². The number of nitrogen functional groups attached to an aromatic ring is 1. The van der Waals surface area contributed by atoms with Gasteiger partial charge in [0.1, 0.15) is 0 Å². The van der Waals surface area contributed by atoms with Crippen molar-refractivity contribution in [1.82, 2.24) is 4.31 Å². The predicted octanol–water partition coefficient (Wildman–Crippen LogP) is 1.75. The van der Waals surface area contributed by atoms with E-state index in [1.165, 1.54) is 35.7 Å². The normalized spacial score (nSPS) is 11.7. The largest absolute Gasteiger partial charge is 0.398 e. The van der Waals surface area contributed by atoms with Crippen molar-refractivity contribution in [2.24, 2.45) is 0 Å². The number of sulfonamides is 1. The SMILES string of the molecule is C=CCN(CCOC)S(=O)(=O)c1ccc(N)c(Cl)c1. The molecule has 19 heavy (non-hydrogen) atoms. The molecule has 0 spiro atoms. The topological polar surface area (TPSA) is 72.6 Å². The Morgan fingerprint density at radius 1 is 1.53 bits per heavy atom. The molecule has 1 rings (SSSR count). The Kier molecular flexibility index (Phi) is 5.81. The Hall–Kier alpha value is -1.08. The van der Waals surface area contributed by atoms with Crippen LogP contribution in [0.4, 0.5) is 5.69 Å². The zero-order chi connectivity index (χ0) is 14.5. The molecule has 0 radical (unpaired) electrons. The Bertz CT molecular complexity index is 546. The second-order valence-corrected chi connectivity index (χ2v) is 6.17. The molecule has 0 aromatic heterocycles. The van der Waals surface area contributed by atoms with Crippen LogP contribution in [0.5, 0.6) is 0 Å². The number of rotatable bonds is 7. The van der Waals surface area contributed by atoms with Crippen LogP contribution in [0.1, 0.15) is 0 Å². The van der Waals surface area contributed by atoms with Crippen molar-refractivity contribution >= 4 is 27.3 Å². The van der Waals surface area contributed by atoms with Gasteiger partial charge in [0.15, 0.2) is 0 Å². The van der Waals surface area contributed by atoms with Crippen molar-refractivity contribution in [3.63, 3.8) is 0 Å². The van der Waals surface area contributed by atoms with Crippen LogP contribution in [-0.2, 0) is 14.8 Å². The van der Waals surface area contributed by atoms with Gasteiger partial charge in [0.25, 0.3) is 0 Å². The number of benzene rings is 1. The predicted molar refractivity (Wildman–Crippen MR) is 76.7 cm³/mol. The molecule has 0 aliphatic heterocycles. The molecule has 0 bridgehead atoms. The van der Waals surface area contributed by atoms with Gasteiger partial charge in [-0.1, -0.05) is 17.7 Å². The fraction of sp³-hybridized carbons (Fsp3) is 0.333. The number of hydrogen-bond donors (Lipinski definition) is 1. The third-order valence-corrected chi connectivity index (χ3v) is 4.68. The molecule has 2 N–H and O–H groups in total. The Morgan fingerprint density at radius 2 is 2.21 bits per heavy atom. The van der Waals surface area contributed by atoms with Crippen molar-refractivity contribution < 1.29 is 13.2 Å².